The fourth-order valence-electron chi connectivity index (χ4n) is 2.01. The molecule has 0 fully saturated rings. The Morgan fingerprint density at radius 1 is 1.32 bits per heavy atom. The van der Waals surface area contributed by atoms with Crippen LogP contribution >= 0.6 is 27.5 Å². The highest BCUT2D eigenvalue weighted by atomic mass is 79.9. The molecule has 0 bridgehead atoms. The Balaban J connectivity index is 2.27. The lowest BCUT2D eigenvalue weighted by Crippen LogP contribution is -2.13. The molecule has 2 aromatic rings. The first kappa shape index (κ1) is 19.0. The normalized spacial score (nSPS) is 10.9. The zero-order valence-electron chi connectivity index (χ0n) is 13.6. The second-order valence-electron chi connectivity index (χ2n) is 5.16. The van der Waals surface area contributed by atoms with Gasteiger partial charge in [-0.25, -0.2) is 0 Å². The van der Waals surface area contributed by atoms with Crippen molar-refractivity contribution in [1.29, 1.82) is 5.26 Å². The lowest BCUT2D eigenvalue weighted by atomic mass is 10.1. The third kappa shape index (κ3) is 5.63. The van der Waals surface area contributed by atoms with Crippen LogP contribution in [-0.4, -0.2) is 12.5 Å². The Bertz CT molecular complexity index is 826. The molecule has 128 valence electrons. The highest BCUT2D eigenvalue weighted by Gasteiger charge is 2.12. The van der Waals surface area contributed by atoms with Crippen molar-refractivity contribution in [3.63, 3.8) is 0 Å². The quantitative estimate of drug-likeness (QED) is 0.501. The van der Waals surface area contributed by atoms with Crippen LogP contribution in [0.3, 0.4) is 0 Å². The zero-order chi connectivity index (χ0) is 18.2. The molecule has 0 aliphatic rings. The van der Waals surface area contributed by atoms with E-state index in [4.69, 9.17) is 16.3 Å². The molecular formula is C19H16BrClN2O2. The highest BCUT2D eigenvalue weighted by molar-refractivity contribution is 9.10. The number of nitrogens with zero attached hydrogens (tertiary/aromatic N) is 1. The fourth-order valence-corrected chi connectivity index (χ4v) is 2.46. The van der Waals surface area contributed by atoms with E-state index in [2.05, 4.69) is 21.2 Å². The molecule has 6 heteroatoms. The van der Waals surface area contributed by atoms with Crippen LogP contribution in [0, 0.1) is 11.3 Å². The van der Waals surface area contributed by atoms with Crippen LogP contribution in [0.15, 0.2) is 52.5 Å². The van der Waals surface area contributed by atoms with E-state index in [0.717, 1.165) is 10.9 Å². The Morgan fingerprint density at radius 3 is 2.68 bits per heavy atom. The number of rotatable bonds is 6. The average molecular weight is 420 g/mol. The molecule has 0 aliphatic heterocycles. The third-order valence-electron chi connectivity index (χ3n) is 3.20. The van der Waals surface area contributed by atoms with Crippen LogP contribution in [0.4, 0.5) is 5.69 Å². The van der Waals surface area contributed by atoms with E-state index in [1.54, 1.807) is 42.5 Å². The lowest BCUT2D eigenvalue weighted by molar-refractivity contribution is -0.112. The smallest absolute Gasteiger partial charge is 0.266 e. The number of halogens is 2. The summed E-state index contributed by atoms with van der Waals surface area (Å²) in [5, 5.41) is 12.5. The Morgan fingerprint density at radius 2 is 2.04 bits per heavy atom. The second-order valence-corrected chi connectivity index (χ2v) is 6.51. The van der Waals surface area contributed by atoms with Gasteiger partial charge in [-0.15, -0.1) is 0 Å². The van der Waals surface area contributed by atoms with E-state index in [9.17, 15) is 10.1 Å². The zero-order valence-corrected chi connectivity index (χ0v) is 15.9. The molecule has 2 rings (SSSR count). The van der Waals surface area contributed by atoms with E-state index in [0.29, 0.717) is 28.6 Å². The predicted molar refractivity (Wildman–Crippen MR) is 104 cm³/mol. The monoisotopic (exact) mass is 418 g/mol. The van der Waals surface area contributed by atoms with Gasteiger partial charge in [0.1, 0.15) is 17.4 Å². The van der Waals surface area contributed by atoms with Crippen LogP contribution in [-0.2, 0) is 4.79 Å². The highest BCUT2D eigenvalue weighted by Crippen LogP contribution is 2.26. The van der Waals surface area contributed by atoms with Gasteiger partial charge in [-0.05, 0) is 55.0 Å². The lowest BCUT2D eigenvalue weighted by Gasteiger charge is -2.09. The fraction of sp³-hybridized carbons (Fsp3) is 0.158. The summed E-state index contributed by atoms with van der Waals surface area (Å²) in [7, 11) is 0. The topological polar surface area (TPSA) is 62.1 Å². The minimum Gasteiger partial charge on any atom is -0.493 e. The molecule has 4 nitrogen and oxygen atoms in total. The molecule has 0 aromatic heterocycles. The number of hydrogen-bond acceptors (Lipinski definition) is 3. The summed E-state index contributed by atoms with van der Waals surface area (Å²) >= 11 is 9.36. The predicted octanol–water partition coefficient (Wildman–Crippen LogP) is 5.44. The summed E-state index contributed by atoms with van der Waals surface area (Å²) in [5.74, 6) is 0.0849. The summed E-state index contributed by atoms with van der Waals surface area (Å²) in [4.78, 5) is 12.4. The van der Waals surface area contributed by atoms with Gasteiger partial charge in [0.25, 0.3) is 5.91 Å². The summed E-state index contributed by atoms with van der Waals surface area (Å²) in [6.07, 6.45) is 2.33. The van der Waals surface area contributed by atoms with Gasteiger partial charge >= 0.3 is 0 Å². The standard InChI is InChI=1S/C19H16BrClN2O2/c1-2-9-25-18-8-5-16(21)11-13(18)10-14(12-22)19(24)23-17-6-3-15(20)4-7-17/h3-8,10-11H,2,9H2,1H3,(H,23,24)/b14-10+. The minimum atomic E-state index is -0.494. The van der Waals surface area contributed by atoms with Crippen molar-refractivity contribution >= 4 is 45.2 Å². The van der Waals surface area contributed by atoms with Gasteiger partial charge in [0.15, 0.2) is 0 Å². The van der Waals surface area contributed by atoms with Crippen molar-refractivity contribution in [3.8, 4) is 11.8 Å². The average Bonchev–Trinajstić information content (AvgIpc) is 2.60. The molecule has 0 atom stereocenters. The number of benzene rings is 2. The number of carbonyl (C=O) groups excluding carboxylic acids is 1. The van der Waals surface area contributed by atoms with Crippen LogP contribution in [0.2, 0.25) is 5.02 Å². The molecule has 0 radical (unpaired) electrons. The number of nitrogens with one attached hydrogen (secondary N) is 1. The molecule has 0 unspecified atom stereocenters. The van der Waals surface area contributed by atoms with E-state index in [-0.39, 0.29) is 5.57 Å². The van der Waals surface area contributed by atoms with Crippen molar-refractivity contribution in [2.24, 2.45) is 0 Å². The van der Waals surface area contributed by atoms with Crippen molar-refractivity contribution < 1.29 is 9.53 Å². The molecule has 25 heavy (non-hydrogen) atoms. The number of amides is 1. The second kappa shape index (κ2) is 9.26. The number of carbonyl (C=O) groups is 1. The molecule has 0 spiro atoms. The summed E-state index contributed by atoms with van der Waals surface area (Å²) < 4.78 is 6.55. The first-order valence-corrected chi connectivity index (χ1v) is 8.81. The molecule has 0 saturated heterocycles. The van der Waals surface area contributed by atoms with E-state index in [1.807, 2.05) is 13.0 Å². The third-order valence-corrected chi connectivity index (χ3v) is 3.96. The van der Waals surface area contributed by atoms with Gasteiger partial charge in [-0.2, -0.15) is 5.26 Å². The molecular weight excluding hydrogens is 404 g/mol. The van der Waals surface area contributed by atoms with Crippen molar-refractivity contribution in [2.75, 3.05) is 11.9 Å². The van der Waals surface area contributed by atoms with Gasteiger partial charge in [-0.1, -0.05) is 34.5 Å². The number of hydrogen-bond donors (Lipinski definition) is 1. The van der Waals surface area contributed by atoms with Crippen molar-refractivity contribution in [1.82, 2.24) is 0 Å². The maximum absolute atomic E-state index is 12.4. The van der Waals surface area contributed by atoms with Crippen LogP contribution in [0.25, 0.3) is 6.08 Å². The Labute approximate surface area is 160 Å². The van der Waals surface area contributed by atoms with Crippen LogP contribution in [0.1, 0.15) is 18.9 Å². The largest absolute Gasteiger partial charge is 0.493 e. The van der Waals surface area contributed by atoms with Crippen molar-refractivity contribution in [3.05, 3.63) is 63.1 Å². The van der Waals surface area contributed by atoms with Gasteiger partial charge in [-0.3, -0.25) is 4.79 Å². The van der Waals surface area contributed by atoms with Crippen LogP contribution in [0.5, 0.6) is 5.75 Å². The molecule has 1 amide bonds. The van der Waals surface area contributed by atoms with Gasteiger partial charge in [0, 0.05) is 20.7 Å². The van der Waals surface area contributed by atoms with E-state index in [1.165, 1.54) is 6.08 Å². The van der Waals surface area contributed by atoms with Crippen molar-refractivity contribution in [2.45, 2.75) is 13.3 Å². The van der Waals surface area contributed by atoms with Gasteiger partial charge < -0.3 is 10.1 Å². The Kier molecular flexibility index (Phi) is 7.05. The number of anilines is 1. The van der Waals surface area contributed by atoms with Crippen LogP contribution < -0.4 is 10.1 Å². The molecule has 1 N–H and O–H groups in total. The van der Waals surface area contributed by atoms with Gasteiger partial charge in [0.05, 0.1) is 6.61 Å². The molecule has 0 aliphatic carbocycles. The molecule has 0 saturated carbocycles. The van der Waals surface area contributed by atoms with Gasteiger partial charge in [0.2, 0.25) is 0 Å². The van der Waals surface area contributed by atoms with E-state index >= 15 is 0 Å². The summed E-state index contributed by atoms with van der Waals surface area (Å²) in [6.45, 7) is 2.53. The number of nitriles is 1. The SMILES string of the molecule is CCCOc1ccc(Cl)cc1/C=C(\C#N)C(=O)Nc1ccc(Br)cc1. The first-order valence-electron chi connectivity index (χ1n) is 7.64. The molecule has 0 heterocycles. The Hall–Kier alpha value is -2.29. The summed E-state index contributed by atoms with van der Waals surface area (Å²) in [5.41, 5.74) is 1.15. The molecule has 2 aromatic carbocycles. The van der Waals surface area contributed by atoms with E-state index < -0.39 is 5.91 Å². The first-order chi connectivity index (χ1) is 12.0. The maximum atomic E-state index is 12.4. The minimum absolute atomic E-state index is 0.0356. The summed E-state index contributed by atoms with van der Waals surface area (Å²) in [6, 6.07) is 14.1. The number of ether oxygens (including phenoxy) is 1. The maximum Gasteiger partial charge on any atom is 0.266 e.